The highest BCUT2D eigenvalue weighted by Crippen LogP contribution is 2.25. The topological polar surface area (TPSA) is 87.2 Å². The van der Waals surface area contributed by atoms with Crippen molar-refractivity contribution in [2.75, 3.05) is 0 Å². The van der Waals surface area contributed by atoms with Gasteiger partial charge in [-0.1, -0.05) is 36.9 Å². The van der Waals surface area contributed by atoms with Gasteiger partial charge in [0.2, 0.25) is 5.91 Å². The van der Waals surface area contributed by atoms with Gasteiger partial charge in [-0.2, -0.15) is 0 Å². The molecular formula is C18H17FN2O2. The Balaban J connectivity index is 2.28. The van der Waals surface area contributed by atoms with Gasteiger partial charge in [-0.3, -0.25) is 4.79 Å². The first-order chi connectivity index (χ1) is 10.9. The fourth-order valence-electron chi connectivity index (χ4n) is 2.14. The lowest BCUT2D eigenvalue weighted by Crippen LogP contribution is -2.13. The lowest BCUT2D eigenvalue weighted by atomic mass is 9.99. The second kappa shape index (κ2) is 6.87. The summed E-state index contributed by atoms with van der Waals surface area (Å²) in [7, 11) is 0. The molecule has 0 saturated carbocycles. The number of aliphatic hydroxyl groups excluding tert-OH is 1. The summed E-state index contributed by atoms with van der Waals surface area (Å²) in [6.07, 6.45) is 6.64. The highest BCUT2D eigenvalue weighted by Gasteiger charge is 2.12. The number of benzene rings is 1. The minimum atomic E-state index is -0.512. The molecule has 0 unspecified atom stereocenters. The Labute approximate surface area is 133 Å². The van der Waals surface area contributed by atoms with Crippen molar-refractivity contribution >= 4 is 17.2 Å². The monoisotopic (exact) mass is 312 g/mol. The lowest BCUT2D eigenvalue weighted by molar-refractivity contribution is -0.117. The van der Waals surface area contributed by atoms with Crippen molar-refractivity contribution in [2.45, 2.75) is 12.8 Å². The number of nitrogens with one attached hydrogen (secondary N) is 1. The van der Waals surface area contributed by atoms with Gasteiger partial charge in [0.15, 0.2) is 0 Å². The molecule has 0 spiro atoms. The summed E-state index contributed by atoms with van der Waals surface area (Å²) in [6.45, 7) is 3.68. The number of hydrogen-bond donors (Lipinski definition) is 3. The average molecular weight is 312 g/mol. The number of rotatable bonds is 5. The first kappa shape index (κ1) is 16.4. The maximum absolute atomic E-state index is 14.4. The summed E-state index contributed by atoms with van der Waals surface area (Å²) < 4.78 is 14.4. The van der Waals surface area contributed by atoms with E-state index in [1.54, 1.807) is 30.4 Å². The molecule has 1 aliphatic rings. The molecule has 0 atom stereocenters. The summed E-state index contributed by atoms with van der Waals surface area (Å²) in [5.41, 5.74) is 6.85. The SMILES string of the molecule is C=C1C=CC=C(c2ccc(C(=N)CCC(N)=O)cc2F)C=C1O. The Bertz CT molecular complexity index is 773. The van der Waals surface area contributed by atoms with Crippen LogP contribution in [-0.4, -0.2) is 16.7 Å². The van der Waals surface area contributed by atoms with Crippen LogP contribution < -0.4 is 5.73 Å². The van der Waals surface area contributed by atoms with Crippen molar-refractivity contribution in [1.82, 2.24) is 0 Å². The van der Waals surface area contributed by atoms with E-state index in [9.17, 15) is 14.3 Å². The molecule has 1 amide bonds. The van der Waals surface area contributed by atoms with E-state index in [0.717, 1.165) is 0 Å². The van der Waals surface area contributed by atoms with Gasteiger partial charge in [-0.05, 0) is 29.7 Å². The molecule has 0 aromatic heterocycles. The second-order valence-corrected chi connectivity index (χ2v) is 5.18. The molecule has 1 aromatic rings. The molecule has 118 valence electrons. The molecule has 1 aromatic carbocycles. The predicted molar refractivity (Wildman–Crippen MR) is 88.6 cm³/mol. The lowest BCUT2D eigenvalue weighted by Gasteiger charge is -2.08. The van der Waals surface area contributed by atoms with Crippen LogP contribution in [0.3, 0.4) is 0 Å². The normalized spacial score (nSPS) is 14.0. The largest absolute Gasteiger partial charge is 0.507 e. The number of carbonyl (C=O) groups excluding carboxylic acids is 1. The Morgan fingerprint density at radius 1 is 1.35 bits per heavy atom. The van der Waals surface area contributed by atoms with Gasteiger partial charge in [0.25, 0.3) is 0 Å². The molecule has 2 rings (SSSR count). The molecule has 23 heavy (non-hydrogen) atoms. The standard InChI is InChI=1S/C18H17FN2O2/c1-11-3-2-4-12(10-17(11)22)14-6-5-13(9-15(14)19)16(20)7-8-18(21)23/h2-6,9-10,20,22H,1,7-8H2,(H2,21,23). The van der Waals surface area contributed by atoms with Gasteiger partial charge in [-0.15, -0.1) is 0 Å². The minimum absolute atomic E-state index is 0.0253. The third kappa shape index (κ3) is 4.03. The third-order valence-corrected chi connectivity index (χ3v) is 3.44. The van der Waals surface area contributed by atoms with E-state index in [2.05, 4.69) is 6.58 Å². The van der Waals surface area contributed by atoms with Crippen LogP contribution in [0.2, 0.25) is 0 Å². The van der Waals surface area contributed by atoms with Crippen molar-refractivity contribution < 1.29 is 14.3 Å². The number of halogens is 1. The van der Waals surface area contributed by atoms with Crippen molar-refractivity contribution in [1.29, 1.82) is 5.41 Å². The van der Waals surface area contributed by atoms with Crippen LogP contribution in [0.5, 0.6) is 0 Å². The van der Waals surface area contributed by atoms with Crippen LogP contribution >= 0.6 is 0 Å². The van der Waals surface area contributed by atoms with Gasteiger partial charge in [-0.25, -0.2) is 4.39 Å². The van der Waals surface area contributed by atoms with E-state index in [4.69, 9.17) is 11.1 Å². The molecule has 0 heterocycles. The summed E-state index contributed by atoms with van der Waals surface area (Å²) in [5.74, 6) is -1.03. The number of amides is 1. The maximum atomic E-state index is 14.4. The summed E-state index contributed by atoms with van der Waals surface area (Å²) in [5, 5.41) is 17.7. The van der Waals surface area contributed by atoms with Gasteiger partial charge in [0.1, 0.15) is 11.6 Å². The number of carbonyl (C=O) groups is 1. The Hall–Kier alpha value is -2.95. The van der Waals surface area contributed by atoms with Crippen molar-refractivity contribution in [3.05, 3.63) is 77.4 Å². The average Bonchev–Trinajstić information content (AvgIpc) is 2.66. The molecule has 0 fully saturated rings. The quantitative estimate of drug-likeness (QED) is 0.728. The summed E-state index contributed by atoms with van der Waals surface area (Å²) >= 11 is 0. The zero-order valence-corrected chi connectivity index (χ0v) is 12.5. The summed E-state index contributed by atoms with van der Waals surface area (Å²) in [4.78, 5) is 10.8. The van der Waals surface area contributed by atoms with E-state index < -0.39 is 11.7 Å². The highest BCUT2D eigenvalue weighted by molar-refractivity contribution is 6.00. The van der Waals surface area contributed by atoms with Crippen LogP contribution in [0.1, 0.15) is 24.0 Å². The van der Waals surface area contributed by atoms with Gasteiger partial charge in [0.05, 0.1) is 0 Å². The van der Waals surface area contributed by atoms with E-state index in [1.807, 2.05) is 0 Å². The summed E-state index contributed by atoms with van der Waals surface area (Å²) in [6, 6.07) is 4.39. The van der Waals surface area contributed by atoms with E-state index in [1.165, 1.54) is 12.1 Å². The van der Waals surface area contributed by atoms with Crippen molar-refractivity contribution in [3.63, 3.8) is 0 Å². The van der Waals surface area contributed by atoms with Crippen LogP contribution in [0.15, 0.2) is 60.4 Å². The number of aliphatic hydroxyl groups is 1. The van der Waals surface area contributed by atoms with E-state index in [0.29, 0.717) is 22.3 Å². The van der Waals surface area contributed by atoms with Gasteiger partial charge < -0.3 is 16.2 Å². The van der Waals surface area contributed by atoms with Crippen LogP contribution in [0.4, 0.5) is 4.39 Å². The van der Waals surface area contributed by atoms with Crippen LogP contribution in [0.25, 0.3) is 5.57 Å². The number of primary amides is 1. The number of nitrogens with two attached hydrogens (primary N) is 1. The Kier molecular flexibility index (Phi) is 4.91. The number of hydrogen-bond acceptors (Lipinski definition) is 3. The van der Waals surface area contributed by atoms with Crippen LogP contribution in [0, 0.1) is 11.2 Å². The minimum Gasteiger partial charge on any atom is -0.507 e. The molecule has 0 saturated heterocycles. The fraction of sp³-hybridized carbons (Fsp3) is 0.111. The molecule has 4 nitrogen and oxygen atoms in total. The predicted octanol–water partition coefficient (Wildman–Crippen LogP) is 3.41. The number of allylic oxidation sites excluding steroid dienone is 5. The zero-order valence-electron chi connectivity index (χ0n) is 12.5. The zero-order chi connectivity index (χ0) is 17.0. The molecule has 0 bridgehead atoms. The van der Waals surface area contributed by atoms with Crippen LogP contribution in [-0.2, 0) is 4.79 Å². The van der Waals surface area contributed by atoms with Crippen molar-refractivity contribution in [2.24, 2.45) is 5.73 Å². The Morgan fingerprint density at radius 2 is 2.09 bits per heavy atom. The Morgan fingerprint density at radius 3 is 2.74 bits per heavy atom. The molecule has 0 aliphatic heterocycles. The molecule has 5 heteroatoms. The molecule has 1 aliphatic carbocycles. The molecule has 0 radical (unpaired) electrons. The third-order valence-electron chi connectivity index (χ3n) is 3.44. The van der Waals surface area contributed by atoms with Gasteiger partial charge in [0, 0.05) is 23.3 Å². The van der Waals surface area contributed by atoms with Crippen molar-refractivity contribution in [3.8, 4) is 0 Å². The van der Waals surface area contributed by atoms with E-state index in [-0.39, 0.29) is 24.3 Å². The van der Waals surface area contributed by atoms with E-state index >= 15 is 0 Å². The first-order valence-electron chi connectivity index (χ1n) is 7.03. The second-order valence-electron chi connectivity index (χ2n) is 5.18. The fourth-order valence-corrected chi connectivity index (χ4v) is 2.14. The first-order valence-corrected chi connectivity index (χ1v) is 7.03. The molecular weight excluding hydrogens is 295 g/mol. The molecule has 4 N–H and O–H groups in total. The highest BCUT2D eigenvalue weighted by atomic mass is 19.1. The smallest absolute Gasteiger partial charge is 0.217 e. The van der Waals surface area contributed by atoms with Gasteiger partial charge >= 0.3 is 0 Å². The maximum Gasteiger partial charge on any atom is 0.217 e.